The van der Waals surface area contributed by atoms with Crippen LogP contribution in [0.1, 0.15) is 26.4 Å². The second-order valence-corrected chi connectivity index (χ2v) is 5.86. The van der Waals surface area contributed by atoms with Gasteiger partial charge < -0.3 is 11.1 Å². The van der Waals surface area contributed by atoms with E-state index in [2.05, 4.69) is 17.2 Å². The van der Waals surface area contributed by atoms with Gasteiger partial charge in [0.15, 0.2) is 0 Å². The van der Waals surface area contributed by atoms with E-state index in [0.717, 1.165) is 16.0 Å². The van der Waals surface area contributed by atoms with Crippen molar-refractivity contribution in [2.24, 2.45) is 5.73 Å². The number of hydrogen-bond acceptors (Lipinski definition) is 3. The summed E-state index contributed by atoms with van der Waals surface area (Å²) in [4.78, 5) is 13.1. The molecule has 0 saturated heterocycles. The quantitative estimate of drug-likeness (QED) is 0.855. The van der Waals surface area contributed by atoms with Gasteiger partial charge in [-0.3, -0.25) is 4.79 Å². The predicted octanol–water partition coefficient (Wildman–Crippen LogP) is 2.95. The van der Waals surface area contributed by atoms with Crippen LogP contribution in [0.2, 0.25) is 5.02 Å². The lowest BCUT2D eigenvalue weighted by molar-refractivity contribution is 0.0951. The van der Waals surface area contributed by atoms with Crippen molar-refractivity contribution in [2.45, 2.75) is 13.5 Å². The number of rotatable bonds is 3. The molecule has 0 fully saturated rings. The van der Waals surface area contributed by atoms with Crippen LogP contribution in [-0.2, 0) is 6.54 Å². The molecule has 1 heterocycles. The molecule has 0 aliphatic rings. The first-order valence-corrected chi connectivity index (χ1v) is 7.66. The molecular formula is C16H15ClN2OS. The molecule has 108 valence electrons. The van der Waals surface area contributed by atoms with Gasteiger partial charge in [-0.05, 0) is 36.8 Å². The van der Waals surface area contributed by atoms with Crippen LogP contribution in [-0.4, -0.2) is 12.5 Å². The Hall–Kier alpha value is -1.80. The average molecular weight is 319 g/mol. The second kappa shape index (κ2) is 7.28. The molecule has 1 aromatic carbocycles. The Bertz CT molecular complexity index is 713. The molecule has 0 aliphatic carbocycles. The van der Waals surface area contributed by atoms with Gasteiger partial charge in [0.05, 0.1) is 13.1 Å². The van der Waals surface area contributed by atoms with Crippen molar-refractivity contribution in [2.75, 3.05) is 6.54 Å². The number of nitrogens with one attached hydrogen (secondary N) is 1. The summed E-state index contributed by atoms with van der Waals surface area (Å²) in [6, 6.07) is 7.19. The highest BCUT2D eigenvalue weighted by Crippen LogP contribution is 2.17. The minimum atomic E-state index is -0.113. The minimum absolute atomic E-state index is 0.113. The minimum Gasteiger partial charge on any atom is -0.347 e. The zero-order valence-electron chi connectivity index (χ0n) is 11.6. The largest absolute Gasteiger partial charge is 0.347 e. The molecule has 1 aromatic heterocycles. The van der Waals surface area contributed by atoms with Crippen LogP contribution in [0.4, 0.5) is 0 Å². The summed E-state index contributed by atoms with van der Waals surface area (Å²) in [7, 11) is 0. The molecule has 0 radical (unpaired) electrons. The monoisotopic (exact) mass is 318 g/mol. The molecule has 0 saturated carbocycles. The van der Waals surface area contributed by atoms with Gasteiger partial charge in [-0.25, -0.2) is 0 Å². The number of carbonyl (C=O) groups is 1. The van der Waals surface area contributed by atoms with Crippen LogP contribution in [0, 0.1) is 18.8 Å². The van der Waals surface area contributed by atoms with E-state index >= 15 is 0 Å². The van der Waals surface area contributed by atoms with Gasteiger partial charge in [0.25, 0.3) is 5.91 Å². The van der Waals surface area contributed by atoms with Gasteiger partial charge in [-0.2, -0.15) is 0 Å². The Morgan fingerprint density at radius 3 is 2.95 bits per heavy atom. The van der Waals surface area contributed by atoms with Crippen molar-refractivity contribution >= 4 is 28.8 Å². The lowest BCUT2D eigenvalue weighted by Gasteiger charge is -2.05. The maximum Gasteiger partial charge on any atom is 0.251 e. The van der Waals surface area contributed by atoms with Crippen molar-refractivity contribution in [1.29, 1.82) is 0 Å². The third kappa shape index (κ3) is 4.33. The Labute approximate surface area is 133 Å². The lowest BCUT2D eigenvalue weighted by Crippen LogP contribution is -2.22. The Morgan fingerprint density at radius 2 is 2.24 bits per heavy atom. The first-order valence-electron chi connectivity index (χ1n) is 6.41. The van der Waals surface area contributed by atoms with Gasteiger partial charge in [0.1, 0.15) is 0 Å². The maximum atomic E-state index is 12.1. The van der Waals surface area contributed by atoms with Gasteiger partial charge in [-0.1, -0.05) is 23.4 Å². The summed E-state index contributed by atoms with van der Waals surface area (Å²) >= 11 is 7.51. The number of halogens is 1. The molecule has 2 rings (SSSR count). The fraction of sp³-hybridized carbons (Fsp3) is 0.188. The average Bonchev–Trinajstić information content (AvgIpc) is 2.93. The molecule has 3 N–H and O–H groups in total. The van der Waals surface area contributed by atoms with Crippen LogP contribution in [0.15, 0.2) is 29.6 Å². The first kappa shape index (κ1) is 15.6. The van der Waals surface area contributed by atoms with Crippen LogP contribution in [0.3, 0.4) is 0 Å². The molecule has 1 amide bonds. The molecule has 0 unspecified atom stereocenters. The normalized spacial score (nSPS) is 9.86. The predicted molar refractivity (Wildman–Crippen MR) is 87.6 cm³/mol. The number of amides is 1. The molecule has 0 bridgehead atoms. The number of benzene rings is 1. The van der Waals surface area contributed by atoms with E-state index in [1.54, 1.807) is 29.5 Å². The summed E-state index contributed by atoms with van der Waals surface area (Å²) in [5.74, 6) is 5.66. The number of nitrogens with two attached hydrogens (primary N) is 1. The van der Waals surface area contributed by atoms with E-state index in [9.17, 15) is 4.79 Å². The fourth-order valence-corrected chi connectivity index (χ4v) is 2.62. The summed E-state index contributed by atoms with van der Waals surface area (Å²) in [6.07, 6.45) is 0. The van der Waals surface area contributed by atoms with Gasteiger partial charge in [0, 0.05) is 26.4 Å². The third-order valence-electron chi connectivity index (χ3n) is 2.83. The van der Waals surface area contributed by atoms with Gasteiger partial charge >= 0.3 is 0 Å². The molecule has 2 aromatic rings. The summed E-state index contributed by atoms with van der Waals surface area (Å²) < 4.78 is 0. The number of carbonyl (C=O) groups excluding carboxylic acids is 1. The van der Waals surface area contributed by atoms with E-state index < -0.39 is 0 Å². The molecule has 21 heavy (non-hydrogen) atoms. The molecule has 3 nitrogen and oxygen atoms in total. The van der Waals surface area contributed by atoms with Crippen molar-refractivity contribution in [3.8, 4) is 11.8 Å². The zero-order chi connectivity index (χ0) is 15.2. The molecule has 5 heteroatoms. The van der Waals surface area contributed by atoms with E-state index in [0.29, 0.717) is 23.7 Å². The SMILES string of the molecule is Cc1cc(C(=O)NCc2cc(C#CCN)cs2)ccc1Cl. The topological polar surface area (TPSA) is 55.1 Å². The van der Waals surface area contributed by atoms with Crippen LogP contribution in [0.25, 0.3) is 0 Å². The zero-order valence-corrected chi connectivity index (χ0v) is 13.1. The second-order valence-electron chi connectivity index (χ2n) is 4.45. The van der Waals surface area contributed by atoms with E-state index in [1.165, 1.54) is 0 Å². The summed E-state index contributed by atoms with van der Waals surface area (Å²) in [5, 5.41) is 5.50. The van der Waals surface area contributed by atoms with Crippen LogP contribution < -0.4 is 11.1 Å². The highest BCUT2D eigenvalue weighted by molar-refractivity contribution is 7.10. The van der Waals surface area contributed by atoms with Crippen LogP contribution >= 0.6 is 22.9 Å². The van der Waals surface area contributed by atoms with Crippen molar-refractivity contribution in [1.82, 2.24) is 5.32 Å². The van der Waals surface area contributed by atoms with E-state index in [-0.39, 0.29) is 5.91 Å². The third-order valence-corrected chi connectivity index (χ3v) is 4.19. The Morgan fingerprint density at radius 1 is 1.43 bits per heavy atom. The molecular weight excluding hydrogens is 304 g/mol. The molecule has 0 atom stereocenters. The lowest BCUT2D eigenvalue weighted by atomic mass is 10.1. The van der Waals surface area contributed by atoms with Gasteiger partial charge in [0.2, 0.25) is 0 Å². The van der Waals surface area contributed by atoms with E-state index in [1.807, 2.05) is 18.4 Å². The smallest absolute Gasteiger partial charge is 0.251 e. The number of aryl methyl sites for hydroxylation is 1. The summed E-state index contributed by atoms with van der Waals surface area (Å²) in [5.41, 5.74) is 7.76. The van der Waals surface area contributed by atoms with Crippen molar-refractivity contribution in [3.05, 3.63) is 56.2 Å². The van der Waals surface area contributed by atoms with Crippen LogP contribution in [0.5, 0.6) is 0 Å². The highest BCUT2D eigenvalue weighted by Gasteiger charge is 2.07. The van der Waals surface area contributed by atoms with Crippen molar-refractivity contribution < 1.29 is 4.79 Å². The fourth-order valence-electron chi connectivity index (χ4n) is 1.75. The maximum absolute atomic E-state index is 12.1. The first-order chi connectivity index (χ1) is 10.1. The van der Waals surface area contributed by atoms with Crippen molar-refractivity contribution in [3.63, 3.8) is 0 Å². The summed E-state index contributed by atoms with van der Waals surface area (Å²) in [6.45, 7) is 2.70. The number of hydrogen-bond donors (Lipinski definition) is 2. The molecule has 0 spiro atoms. The Balaban J connectivity index is 1.97. The van der Waals surface area contributed by atoms with E-state index in [4.69, 9.17) is 17.3 Å². The highest BCUT2D eigenvalue weighted by atomic mass is 35.5. The number of thiophene rings is 1. The standard InChI is InChI=1S/C16H15ClN2OS/c1-11-7-13(4-5-15(11)17)16(20)19-9-14-8-12(10-21-14)3-2-6-18/h4-5,7-8,10H,6,9,18H2,1H3,(H,19,20). The Kier molecular flexibility index (Phi) is 5.40. The molecule has 0 aliphatic heterocycles. The van der Waals surface area contributed by atoms with Gasteiger partial charge in [-0.15, -0.1) is 11.3 Å².